The second-order valence-electron chi connectivity index (χ2n) is 5.90. The highest BCUT2D eigenvalue weighted by Crippen LogP contribution is 2.37. The molecule has 0 aromatic heterocycles. The van der Waals surface area contributed by atoms with Gasteiger partial charge >= 0.3 is 0 Å². The molecule has 2 aromatic carbocycles. The van der Waals surface area contributed by atoms with Crippen molar-refractivity contribution in [2.45, 2.75) is 12.3 Å². The van der Waals surface area contributed by atoms with Gasteiger partial charge in [0, 0.05) is 12.3 Å². The lowest BCUT2D eigenvalue weighted by atomic mass is 9.87. The van der Waals surface area contributed by atoms with Crippen LogP contribution in [0.3, 0.4) is 0 Å². The third kappa shape index (κ3) is 4.68. The molecular weight excluding hydrogens is 362 g/mol. The summed E-state index contributed by atoms with van der Waals surface area (Å²) >= 11 is 1.07. The number of amides is 2. The Hall–Kier alpha value is -3.24. The lowest BCUT2D eigenvalue weighted by Gasteiger charge is -2.25. The fourth-order valence-corrected chi connectivity index (χ4v) is 3.60. The third-order valence-corrected chi connectivity index (χ3v) is 4.99. The van der Waals surface area contributed by atoms with Gasteiger partial charge in [-0.1, -0.05) is 42.1 Å². The molecule has 0 radical (unpaired) electrons. The second kappa shape index (κ2) is 8.43. The van der Waals surface area contributed by atoms with E-state index in [1.807, 2.05) is 54.6 Å². The first-order valence-corrected chi connectivity index (χ1v) is 9.23. The number of nitrogens with zero attached hydrogens (tertiary/aromatic N) is 1. The molecule has 3 rings (SSSR count). The van der Waals surface area contributed by atoms with Crippen LogP contribution in [-0.2, 0) is 9.59 Å². The van der Waals surface area contributed by atoms with Crippen molar-refractivity contribution >= 4 is 23.6 Å². The van der Waals surface area contributed by atoms with Gasteiger partial charge in [0.2, 0.25) is 11.8 Å². The minimum Gasteiger partial charge on any atom is -0.457 e. The van der Waals surface area contributed by atoms with Gasteiger partial charge in [-0.05, 0) is 29.8 Å². The van der Waals surface area contributed by atoms with Crippen molar-refractivity contribution in [1.82, 2.24) is 5.32 Å². The summed E-state index contributed by atoms with van der Waals surface area (Å²) in [6.07, 6.45) is 0.151. The van der Waals surface area contributed by atoms with Crippen LogP contribution >= 0.6 is 11.8 Å². The summed E-state index contributed by atoms with van der Waals surface area (Å²) in [4.78, 5) is 23.2. The third-order valence-electron chi connectivity index (χ3n) is 3.95. The Labute approximate surface area is 161 Å². The first kappa shape index (κ1) is 18.5. The Morgan fingerprint density at radius 3 is 2.67 bits per heavy atom. The number of nitrogens with one attached hydrogen (secondary N) is 1. The molecule has 3 N–H and O–H groups in total. The van der Waals surface area contributed by atoms with E-state index in [0.717, 1.165) is 17.3 Å². The van der Waals surface area contributed by atoms with Gasteiger partial charge in [-0.3, -0.25) is 9.59 Å². The minimum absolute atomic E-state index is 0.00925. The van der Waals surface area contributed by atoms with E-state index in [2.05, 4.69) is 11.4 Å². The number of thioether (sulfide) groups is 1. The average Bonchev–Trinajstić information content (AvgIpc) is 2.67. The molecule has 1 aliphatic heterocycles. The molecule has 7 heteroatoms. The SMILES string of the molecule is N#CC1=C(SCC(N)=O)NC(=O)C[C@@H]1c1cccc(Oc2ccccc2)c1. The number of carbonyl (C=O) groups is 2. The van der Waals surface area contributed by atoms with Crippen LogP contribution in [0, 0.1) is 11.3 Å². The van der Waals surface area contributed by atoms with Crippen LogP contribution < -0.4 is 15.8 Å². The number of hydrogen-bond donors (Lipinski definition) is 2. The zero-order chi connectivity index (χ0) is 19.2. The van der Waals surface area contributed by atoms with E-state index in [0.29, 0.717) is 22.1 Å². The van der Waals surface area contributed by atoms with E-state index in [1.165, 1.54) is 0 Å². The molecule has 2 aromatic rings. The van der Waals surface area contributed by atoms with Gasteiger partial charge in [0.15, 0.2) is 0 Å². The Morgan fingerprint density at radius 2 is 1.96 bits per heavy atom. The number of para-hydroxylation sites is 1. The van der Waals surface area contributed by atoms with E-state index in [9.17, 15) is 14.9 Å². The predicted octanol–water partition coefficient (Wildman–Crippen LogP) is 3.04. The van der Waals surface area contributed by atoms with Crippen molar-refractivity contribution in [2.75, 3.05) is 5.75 Å². The monoisotopic (exact) mass is 379 g/mol. The summed E-state index contributed by atoms with van der Waals surface area (Å²) in [5, 5.41) is 12.7. The number of allylic oxidation sites excluding steroid dienone is 1. The van der Waals surface area contributed by atoms with Crippen LogP contribution in [-0.4, -0.2) is 17.6 Å². The second-order valence-corrected chi connectivity index (χ2v) is 6.89. The summed E-state index contributed by atoms with van der Waals surface area (Å²) < 4.78 is 5.85. The van der Waals surface area contributed by atoms with Crippen molar-refractivity contribution < 1.29 is 14.3 Å². The van der Waals surface area contributed by atoms with E-state index < -0.39 is 11.8 Å². The van der Waals surface area contributed by atoms with Crippen molar-refractivity contribution in [3.63, 3.8) is 0 Å². The fraction of sp³-hybridized carbons (Fsp3) is 0.150. The molecule has 0 saturated carbocycles. The molecule has 6 nitrogen and oxygen atoms in total. The Balaban J connectivity index is 1.90. The molecule has 0 fully saturated rings. The molecule has 0 unspecified atom stereocenters. The quantitative estimate of drug-likeness (QED) is 0.802. The number of nitrogens with two attached hydrogens (primary N) is 1. The average molecular weight is 379 g/mol. The summed E-state index contributed by atoms with van der Waals surface area (Å²) in [7, 11) is 0. The topological polar surface area (TPSA) is 105 Å². The van der Waals surface area contributed by atoms with Crippen LogP contribution in [0.5, 0.6) is 11.5 Å². The molecule has 0 spiro atoms. The van der Waals surface area contributed by atoms with Crippen LogP contribution in [0.4, 0.5) is 0 Å². The molecule has 27 heavy (non-hydrogen) atoms. The van der Waals surface area contributed by atoms with Crippen molar-refractivity contribution in [2.24, 2.45) is 5.73 Å². The highest BCUT2D eigenvalue weighted by molar-refractivity contribution is 8.03. The Morgan fingerprint density at radius 1 is 1.22 bits per heavy atom. The van der Waals surface area contributed by atoms with Gasteiger partial charge in [-0.25, -0.2) is 0 Å². The molecule has 1 heterocycles. The van der Waals surface area contributed by atoms with Crippen molar-refractivity contribution in [1.29, 1.82) is 5.26 Å². The molecule has 0 saturated heterocycles. The van der Waals surface area contributed by atoms with E-state index in [1.54, 1.807) is 0 Å². The lowest BCUT2D eigenvalue weighted by Crippen LogP contribution is -2.31. The Kier molecular flexibility index (Phi) is 5.79. The largest absolute Gasteiger partial charge is 0.457 e. The summed E-state index contributed by atoms with van der Waals surface area (Å²) in [6.45, 7) is 0. The zero-order valence-electron chi connectivity index (χ0n) is 14.3. The van der Waals surface area contributed by atoms with Crippen LogP contribution in [0.15, 0.2) is 65.2 Å². The molecular formula is C20H17N3O3S. The molecule has 2 amide bonds. The van der Waals surface area contributed by atoms with Gasteiger partial charge in [0.05, 0.1) is 22.4 Å². The Bertz CT molecular complexity index is 935. The van der Waals surface area contributed by atoms with Crippen molar-refractivity contribution in [3.8, 4) is 17.6 Å². The number of ether oxygens (including phenoxy) is 1. The molecule has 1 aliphatic rings. The smallest absolute Gasteiger partial charge is 0.227 e. The van der Waals surface area contributed by atoms with Gasteiger partial charge < -0.3 is 15.8 Å². The number of benzene rings is 2. The summed E-state index contributed by atoms with van der Waals surface area (Å²) in [5.41, 5.74) is 6.39. The first-order chi connectivity index (χ1) is 13.1. The maximum absolute atomic E-state index is 12.1. The summed E-state index contributed by atoms with van der Waals surface area (Å²) in [6, 6.07) is 18.8. The maximum Gasteiger partial charge on any atom is 0.227 e. The number of primary amides is 1. The number of hydrogen-bond acceptors (Lipinski definition) is 5. The van der Waals surface area contributed by atoms with Crippen molar-refractivity contribution in [3.05, 3.63) is 70.8 Å². The van der Waals surface area contributed by atoms with Gasteiger partial charge in [-0.2, -0.15) is 5.26 Å². The number of nitriles is 1. The van der Waals surface area contributed by atoms with Crippen LogP contribution in [0.25, 0.3) is 0 Å². The predicted molar refractivity (Wildman–Crippen MR) is 103 cm³/mol. The fourth-order valence-electron chi connectivity index (χ4n) is 2.78. The first-order valence-electron chi connectivity index (χ1n) is 8.25. The number of carbonyl (C=O) groups excluding carboxylic acids is 2. The summed E-state index contributed by atoms with van der Waals surface area (Å²) in [5.74, 6) is 0.182. The van der Waals surface area contributed by atoms with E-state index in [-0.39, 0.29) is 18.1 Å². The van der Waals surface area contributed by atoms with Gasteiger partial charge in [-0.15, -0.1) is 0 Å². The van der Waals surface area contributed by atoms with E-state index >= 15 is 0 Å². The number of rotatable bonds is 6. The molecule has 0 aliphatic carbocycles. The normalized spacial score (nSPS) is 16.4. The van der Waals surface area contributed by atoms with Gasteiger partial charge in [0.1, 0.15) is 11.5 Å². The lowest BCUT2D eigenvalue weighted by molar-refractivity contribution is -0.121. The minimum atomic E-state index is -0.514. The molecule has 1 atom stereocenters. The zero-order valence-corrected chi connectivity index (χ0v) is 15.2. The van der Waals surface area contributed by atoms with Crippen LogP contribution in [0.1, 0.15) is 17.9 Å². The highest BCUT2D eigenvalue weighted by atomic mass is 32.2. The standard InChI is InChI=1S/C20H17N3O3S/c21-11-17-16(10-19(25)23-20(17)27-12-18(22)24)13-5-4-8-15(9-13)26-14-6-2-1-3-7-14/h1-9,16H,10,12H2,(H2,22,24)(H,23,25)/t16-/m1/s1. The molecule has 0 bridgehead atoms. The maximum atomic E-state index is 12.1. The van der Waals surface area contributed by atoms with Crippen LogP contribution in [0.2, 0.25) is 0 Å². The van der Waals surface area contributed by atoms with Gasteiger partial charge in [0.25, 0.3) is 0 Å². The highest BCUT2D eigenvalue weighted by Gasteiger charge is 2.30. The molecule has 136 valence electrons. The van der Waals surface area contributed by atoms with E-state index in [4.69, 9.17) is 10.5 Å².